The Bertz CT molecular complexity index is 89.0. The average Bonchev–Trinajstić information content (AvgIpc) is 2.02. The summed E-state index contributed by atoms with van der Waals surface area (Å²) in [4.78, 5) is 0. The molecule has 0 fully saturated rings. The summed E-state index contributed by atoms with van der Waals surface area (Å²) in [6, 6.07) is 0. The Kier molecular flexibility index (Phi) is 8.34. The average molecular weight is 188 g/mol. The quantitative estimate of drug-likeness (QED) is 0.417. The monoisotopic (exact) mass is 188 g/mol. The van der Waals surface area contributed by atoms with Gasteiger partial charge in [0.25, 0.3) is 0 Å². The van der Waals surface area contributed by atoms with E-state index < -0.39 is 0 Å². The Morgan fingerprint density at radius 1 is 1.17 bits per heavy atom. The number of rotatable bonds is 7. The molecule has 0 N–H and O–H groups in total. The summed E-state index contributed by atoms with van der Waals surface area (Å²) in [5, 5.41) is 0. The third-order valence-electron chi connectivity index (χ3n) is 2.45. The Balaban J connectivity index is 3.39. The predicted octanol–water partition coefficient (Wildman–Crippen LogP) is 4.10. The molecule has 2 unspecified atom stereocenters. The highest BCUT2D eigenvalue weighted by molar-refractivity contribution is 7.16. The summed E-state index contributed by atoms with van der Waals surface area (Å²) in [5.74, 6) is 1.87. The van der Waals surface area contributed by atoms with Crippen LogP contribution in [-0.4, -0.2) is 6.16 Å². The van der Waals surface area contributed by atoms with Gasteiger partial charge in [0.2, 0.25) is 0 Å². The van der Waals surface area contributed by atoms with Crippen LogP contribution in [0.3, 0.4) is 0 Å². The van der Waals surface area contributed by atoms with Gasteiger partial charge in [-0.3, -0.25) is 0 Å². The van der Waals surface area contributed by atoms with Crippen molar-refractivity contribution in [3.63, 3.8) is 0 Å². The molecule has 0 aliphatic carbocycles. The van der Waals surface area contributed by atoms with E-state index in [9.17, 15) is 0 Å². The van der Waals surface area contributed by atoms with Crippen LogP contribution in [0.4, 0.5) is 0 Å². The van der Waals surface area contributed by atoms with Crippen LogP contribution >= 0.6 is 9.24 Å². The molecule has 0 saturated carbocycles. The lowest BCUT2D eigenvalue weighted by Gasteiger charge is -2.16. The molecule has 0 amide bonds. The van der Waals surface area contributed by atoms with Gasteiger partial charge in [-0.25, -0.2) is 0 Å². The Morgan fingerprint density at radius 3 is 2.25 bits per heavy atom. The Hall–Kier alpha value is 0.430. The molecule has 12 heavy (non-hydrogen) atoms. The molecule has 0 heterocycles. The van der Waals surface area contributed by atoms with Crippen molar-refractivity contribution < 1.29 is 0 Å². The number of unbranched alkanes of at least 4 members (excludes halogenated alkanes) is 1. The molecule has 0 aromatic carbocycles. The summed E-state index contributed by atoms with van der Waals surface area (Å²) < 4.78 is 0. The van der Waals surface area contributed by atoms with Crippen molar-refractivity contribution >= 4 is 9.24 Å². The van der Waals surface area contributed by atoms with E-state index in [2.05, 4.69) is 30.0 Å². The molecule has 74 valence electrons. The van der Waals surface area contributed by atoms with Gasteiger partial charge in [0.1, 0.15) is 0 Å². The molecule has 0 saturated heterocycles. The first-order valence-electron chi connectivity index (χ1n) is 5.40. The number of hydrogen-bond donors (Lipinski definition) is 0. The van der Waals surface area contributed by atoms with Gasteiger partial charge in [0.15, 0.2) is 0 Å². The van der Waals surface area contributed by atoms with E-state index in [-0.39, 0.29) is 0 Å². The molecular formula is C11H25P. The summed E-state index contributed by atoms with van der Waals surface area (Å²) in [6.07, 6.45) is 8.33. The van der Waals surface area contributed by atoms with Crippen LogP contribution in [0, 0.1) is 11.8 Å². The standard InChI is InChI=1S/C11H25P/c1-4-11(9-10(2)3)7-5-6-8-12/h10-11H,4-9,12H2,1-3H3. The van der Waals surface area contributed by atoms with Crippen molar-refractivity contribution in [2.75, 3.05) is 6.16 Å². The van der Waals surface area contributed by atoms with Gasteiger partial charge in [-0.05, 0) is 30.8 Å². The minimum atomic E-state index is 0.881. The minimum absolute atomic E-state index is 0.881. The largest absolute Gasteiger partial charge is 0.138 e. The highest BCUT2D eigenvalue weighted by Gasteiger charge is 2.07. The number of hydrogen-bond acceptors (Lipinski definition) is 0. The second kappa shape index (κ2) is 8.05. The first-order valence-corrected chi connectivity index (χ1v) is 6.22. The molecule has 0 rings (SSSR count). The summed E-state index contributed by atoms with van der Waals surface area (Å²) >= 11 is 0. The summed E-state index contributed by atoms with van der Waals surface area (Å²) in [7, 11) is 2.81. The fourth-order valence-electron chi connectivity index (χ4n) is 1.73. The topological polar surface area (TPSA) is 0 Å². The van der Waals surface area contributed by atoms with E-state index >= 15 is 0 Å². The van der Waals surface area contributed by atoms with Crippen molar-refractivity contribution in [1.29, 1.82) is 0 Å². The fourth-order valence-corrected chi connectivity index (χ4v) is 2.02. The first kappa shape index (κ1) is 12.4. The van der Waals surface area contributed by atoms with Crippen LogP contribution in [0.2, 0.25) is 0 Å². The molecule has 0 spiro atoms. The minimum Gasteiger partial charge on any atom is -0.138 e. The molecule has 1 heteroatoms. The van der Waals surface area contributed by atoms with E-state index in [0.717, 1.165) is 11.8 Å². The van der Waals surface area contributed by atoms with Gasteiger partial charge in [-0.1, -0.05) is 40.0 Å². The zero-order valence-electron chi connectivity index (χ0n) is 8.97. The molecule has 0 aliphatic heterocycles. The maximum atomic E-state index is 2.81. The third-order valence-corrected chi connectivity index (χ3v) is 2.86. The molecular weight excluding hydrogens is 163 g/mol. The van der Waals surface area contributed by atoms with Gasteiger partial charge in [-0.15, -0.1) is 9.24 Å². The smallest absolute Gasteiger partial charge is 0.0381 e. The Morgan fingerprint density at radius 2 is 1.83 bits per heavy atom. The van der Waals surface area contributed by atoms with E-state index in [0.29, 0.717) is 0 Å². The van der Waals surface area contributed by atoms with E-state index in [1.165, 1.54) is 38.3 Å². The van der Waals surface area contributed by atoms with Gasteiger partial charge >= 0.3 is 0 Å². The molecule has 0 nitrogen and oxygen atoms in total. The summed E-state index contributed by atoms with van der Waals surface area (Å²) in [5.41, 5.74) is 0. The predicted molar refractivity (Wildman–Crippen MR) is 61.7 cm³/mol. The van der Waals surface area contributed by atoms with Crippen LogP contribution in [0.5, 0.6) is 0 Å². The summed E-state index contributed by atoms with van der Waals surface area (Å²) in [6.45, 7) is 6.99. The molecule has 0 aliphatic rings. The Labute approximate surface area is 80.7 Å². The van der Waals surface area contributed by atoms with Gasteiger partial charge in [0.05, 0.1) is 0 Å². The molecule has 0 bridgehead atoms. The van der Waals surface area contributed by atoms with Crippen LogP contribution in [0.15, 0.2) is 0 Å². The maximum absolute atomic E-state index is 2.81. The van der Waals surface area contributed by atoms with Crippen molar-refractivity contribution in [1.82, 2.24) is 0 Å². The van der Waals surface area contributed by atoms with E-state index in [1.54, 1.807) is 0 Å². The van der Waals surface area contributed by atoms with Crippen molar-refractivity contribution in [2.24, 2.45) is 11.8 Å². The molecule has 0 radical (unpaired) electrons. The molecule has 2 atom stereocenters. The molecule has 0 aromatic rings. The van der Waals surface area contributed by atoms with Crippen LogP contribution in [-0.2, 0) is 0 Å². The third kappa shape index (κ3) is 7.10. The lowest BCUT2D eigenvalue weighted by molar-refractivity contribution is 0.367. The lowest BCUT2D eigenvalue weighted by Crippen LogP contribution is -2.03. The van der Waals surface area contributed by atoms with E-state index in [4.69, 9.17) is 0 Å². The van der Waals surface area contributed by atoms with Crippen molar-refractivity contribution in [3.05, 3.63) is 0 Å². The second-order valence-electron chi connectivity index (χ2n) is 4.19. The zero-order valence-corrected chi connectivity index (χ0v) is 10.1. The normalized spacial score (nSPS) is 13.8. The SMILES string of the molecule is CCC(CCCCP)CC(C)C. The highest BCUT2D eigenvalue weighted by Crippen LogP contribution is 2.21. The molecule has 0 aromatic heterocycles. The van der Waals surface area contributed by atoms with E-state index in [1.807, 2.05) is 0 Å². The zero-order chi connectivity index (χ0) is 9.40. The van der Waals surface area contributed by atoms with Crippen LogP contribution in [0.1, 0.15) is 52.9 Å². The fraction of sp³-hybridized carbons (Fsp3) is 1.00. The van der Waals surface area contributed by atoms with Gasteiger partial charge < -0.3 is 0 Å². The van der Waals surface area contributed by atoms with Crippen LogP contribution < -0.4 is 0 Å². The van der Waals surface area contributed by atoms with Gasteiger partial charge in [0, 0.05) is 0 Å². The van der Waals surface area contributed by atoms with Crippen LogP contribution in [0.25, 0.3) is 0 Å². The first-order chi connectivity index (χ1) is 5.70. The lowest BCUT2D eigenvalue weighted by atomic mass is 9.90. The maximum Gasteiger partial charge on any atom is -0.0381 e. The van der Waals surface area contributed by atoms with Crippen molar-refractivity contribution in [2.45, 2.75) is 52.9 Å². The van der Waals surface area contributed by atoms with Crippen molar-refractivity contribution in [3.8, 4) is 0 Å². The van der Waals surface area contributed by atoms with Gasteiger partial charge in [-0.2, -0.15) is 0 Å². The highest BCUT2D eigenvalue weighted by atomic mass is 31.0. The second-order valence-corrected chi connectivity index (χ2v) is 4.77.